The number of imidazole rings is 1. The van der Waals surface area contributed by atoms with Crippen LogP contribution < -0.4 is 0 Å². The Hall–Kier alpha value is -1.35. The average Bonchev–Trinajstić information content (AvgIpc) is 2.64. The van der Waals surface area contributed by atoms with Crippen LogP contribution in [0.2, 0.25) is 0 Å². The van der Waals surface area contributed by atoms with E-state index in [9.17, 15) is 0 Å². The number of aromatic nitrogens is 2. The molecule has 1 aromatic heterocycles. The fourth-order valence-electron chi connectivity index (χ4n) is 3.00. The highest BCUT2D eigenvalue weighted by molar-refractivity contribution is 5.75. The van der Waals surface area contributed by atoms with Crippen LogP contribution in [-0.2, 0) is 0 Å². The van der Waals surface area contributed by atoms with Crippen molar-refractivity contribution in [3.05, 3.63) is 29.6 Å². The molecule has 3 rings (SSSR count). The Balaban J connectivity index is 1.85. The van der Waals surface area contributed by atoms with Crippen LogP contribution in [0.5, 0.6) is 0 Å². The highest BCUT2D eigenvalue weighted by atomic mass is 15.2. The molecule has 1 unspecified atom stereocenters. The number of hydrogen-bond acceptors (Lipinski definition) is 2. The zero-order valence-corrected chi connectivity index (χ0v) is 11.9. The van der Waals surface area contributed by atoms with E-state index in [1.807, 2.05) is 0 Å². The number of benzene rings is 1. The maximum Gasteiger partial charge on any atom is 0.124 e. The van der Waals surface area contributed by atoms with Gasteiger partial charge in [-0.1, -0.05) is 18.9 Å². The summed E-state index contributed by atoms with van der Waals surface area (Å²) in [6, 6.07) is 6.82. The van der Waals surface area contributed by atoms with Crippen molar-refractivity contribution in [2.75, 3.05) is 13.1 Å². The Kier molecular flexibility index (Phi) is 3.56. The molecule has 19 heavy (non-hydrogen) atoms. The number of nitrogens with one attached hydrogen (secondary N) is 1. The Labute approximate surface area is 115 Å². The Morgan fingerprint density at radius 3 is 2.63 bits per heavy atom. The van der Waals surface area contributed by atoms with Crippen LogP contribution in [0.1, 0.15) is 50.0 Å². The lowest BCUT2D eigenvalue weighted by Gasteiger charge is -2.25. The lowest BCUT2D eigenvalue weighted by molar-refractivity contribution is 0.212. The average molecular weight is 257 g/mol. The summed E-state index contributed by atoms with van der Waals surface area (Å²) in [6.45, 7) is 6.81. The van der Waals surface area contributed by atoms with Crippen molar-refractivity contribution in [1.29, 1.82) is 0 Å². The third-order valence-electron chi connectivity index (χ3n) is 4.24. The SMILES string of the molecule is Cc1ccc2nc(C(C)N3CCCCCC3)[nH]c2c1. The predicted octanol–water partition coefficient (Wildman–Crippen LogP) is 3.81. The van der Waals surface area contributed by atoms with Crippen molar-refractivity contribution >= 4 is 11.0 Å². The van der Waals surface area contributed by atoms with Crippen molar-refractivity contribution < 1.29 is 0 Å². The van der Waals surface area contributed by atoms with Crippen LogP contribution in [0.25, 0.3) is 11.0 Å². The fraction of sp³-hybridized carbons (Fsp3) is 0.562. The van der Waals surface area contributed by atoms with Gasteiger partial charge in [-0.25, -0.2) is 4.98 Å². The van der Waals surface area contributed by atoms with Crippen LogP contribution in [0.4, 0.5) is 0 Å². The van der Waals surface area contributed by atoms with Crippen molar-refractivity contribution in [2.45, 2.75) is 45.6 Å². The molecule has 2 heterocycles. The van der Waals surface area contributed by atoms with Crippen LogP contribution in [0.15, 0.2) is 18.2 Å². The van der Waals surface area contributed by atoms with E-state index in [0.717, 1.165) is 16.9 Å². The highest BCUT2D eigenvalue weighted by Gasteiger charge is 2.19. The Morgan fingerprint density at radius 1 is 1.16 bits per heavy atom. The largest absolute Gasteiger partial charge is 0.341 e. The van der Waals surface area contributed by atoms with Crippen LogP contribution >= 0.6 is 0 Å². The molecule has 0 aliphatic carbocycles. The van der Waals surface area contributed by atoms with Gasteiger partial charge < -0.3 is 4.98 Å². The summed E-state index contributed by atoms with van der Waals surface area (Å²) in [5.41, 5.74) is 3.53. The van der Waals surface area contributed by atoms with Gasteiger partial charge in [0.1, 0.15) is 5.82 Å². The van der Waals surface area contributed by atoms with Gasteiger partial charge in [0.2, 0.25) is 0 Å². The molecular formula is C16H23N3. The molecule has 1 fully saturated rings. The van der Waals surface area contributed by atoms with Gasteiger partial charge in [0, 0.05) is 0 Å². The molecule has 1 saturated heterocycles. The number of hydrogen-bond donors (Lipinski definition) is 1. The van der Waals surface area contributed by atoms with Gasteiger partial charge in [-0.2, -0.15) is 0 Å². The third kappa shape index (κ3) is 2.66. The lowest BCUT2D eigenvalue weighted by Crippen LogP contribution is -2.28. The smallest absolute Gasteiger partial charge is 0.124 e. The first-order valence-corrected chi connectivity index (χ1v) is 7.44. The molecule has 3 nitrogen and oxygen atoms in total. The third-order valence-corrected chi connectivity index (χ3v) is 4.24. The number of rotatable bonds is 2. The van der Waals surface area contributed by atoms with Crippen molar-refractivity contribution in [1.82, 2.24) is 14.9 Å². The minimum absolute atomic E-state index is 0.394. The van der Waals surface area contributed by atoms with E-state index in [-0.39, 0.29) is 0 Å². The second-order valence-electron chi connectivity index (χ2n) is 5.77. The molecule has 0 saturated carbocycles. The first-order valence-electron chi connectivity index (χ1n) is 7.44. The molecule has 102 valence electrons. The van der Waals surface area contributed by atoms with E-state index in [0.29, 0.717) is 6.04 Å². The van der Waals surface area contributed by atoms with E-state index < -0.39 is 0 Å². The number of likely N-dealkylation sites (tertiary alicyclic amines) is 1. The van der Waals surface area contributed by atoms with Crippen LogP contribution in [-0.4, -0.2) is 28.0 Å². The van der Waals surface area contributed by atoms with E-state index in [1.54, 1.807) is 0 Å². The van der Waals surface area contributed by atoms with Gasteiger partial charge in [-0.05, 0) is 57.5 Å². The van der Waals surface area contributed by atoms with E-state index in [4.69, 9.17) is 4.98 Å². The second kappa shape index (κ2) is 5.33. The van der Waals surface area contributed by atoms with Crippen molar-refractivity contribution in [3.63, 3.8) is 0 Å². The van der Waals surface area contributed by atoms with Crippen molar-refractivity contribution in [3.8, 4) is 0 Å². The Bertz CT molecular complexity index is 550. The molecule has 1 aliphatic rings. The van der Waals surface area contributed by atoms with E-state index in [1.165, 1.54) is 44.3 Å². The number of fused-ring (bicyclic) bond motifs is 1. The minimum atomic E-state index is 0.394. The normalized spacial score (nSPS) is 19.5. The van der Waals surface area contributed by atoms with Gasteiger partial charge in [0.05, 0.1) is 17.1 Å². The molecule has 1 aliphatic heterocycles. The summed E-state index contributed by atoms with van der Waals surface area (Å²) in [7, 11) is 0. The number of aryl methyl sites for hydroxylation is 1. The van der Waals surface area contributed by atoms with Gasteiger partial charge in [-0.15, -0.1) is 0 Å². The molecule has 0 radical (unpaired) electrons. The van der Waals surface area contributed by atoms with Crippen LogP contribution in [0, 0.1) is 6.92 Å². The lowest BCUT2D eigenvalue weighted by atomic mass is 10.2. The van der Waals surface area contributed by atoms with Gasteiger partial charge in [0.15, 0.2) is 0 Å². The molecular weight excluding hydrogens is 234 g/mol. The number of H-pyrrole nitrogens is 1. The van der Waals surface area contributed by atoms with E-state index >= 15 is 0 Å². The number of aromatic amines is 1. The monoisotopic (exact) mass is 257 g/mol. The molecule has 0 amide bonds. The minimum Gasteiger partial charge on any atom is -0.341 e. The van der Waals surface area contributed by atoms with Gasteiger partial charge in [0.25, 0.3) is 0 Å². The molecule has 3 heteroatoms. The quantitative estimate of drug-likeness (QED) is 0.887. The maximum absolute atomic E-state index is 4.76. The topological polar surface area (TPSA) is 31.9 Å². The fourth-order valence-corrected chi connectivity index (χ4v) is 3.00. The summed E-state index contributed by atoms with van der Waals surface area (Å²) in [5.74, 6) is 1.11. The molecule has 0 bridgehead atoms. The molecule has 2 aromatic rings. The Morgan fingerprint density at radius 2 is 1.89 bits per heavy atom. The molecule has 0 spiro atoms. The summed E-state index contributed by atoms with van der Waals surface area (Å²) in [4.78, 5) is 10.8. The molecule has 1 aromatic carbocycles. The standard InChI is InChI=1S/C16H23N3/c1-12-7-8-14-15(11-12)18-16(17-14)13(2)19-9-5-3-4-6-10-19/h7-8,11,13H,3-6,9-10H2,1-2H3,(H,17,18). The van der Waals surface area contributed by atoms with Gasteiger partial charge >= 0.3 is 0 Å². The summed E-state index contributed by atoms with van der Waals surface area (Å²) < 4.78 is 0. The summed E-state index contributed by atoms with van der Waals surface area (Å²) >= 11 is 0. The zero-order valence-electron chi connectivity index (χ0n) is 11.9. The van der Waals surface area contributed by atoms with Gasteiger partial charge in [-0.3, -0.25) is 4.90 Å². The first kappa shape index (κ1) is 12.7. The predicted molar refractivity (Wildman–Crippen MR) is 79.3 cm³/mol. The van der Waals surface area contributed by atoms with E-state index in [2.05, 4.69) is 41.9 Å². The highest BCUT2D eigenvalue weighted by Crippen LogP contribution is 2.24. The summed E-state index contributed by atoms with van der Waals surface area (Å²) in [5, 5.41) is 0. The summed E-state index contributed by atoms with van der Waals surface area (Å²) in [6.07, 6.45) is 5.40. The zero-order chi connectivity index (χ0) is 13.2. The number of nitrogens with zero attached hydrogens (tertiary/aromatic N) is 2. The second-order valence-corrected chi connectivity index (χ2v) is 5.77. The molecule has 1 atom stereocenters. The molecule has 1 N–H and O–H groups in total. The first-order chi connectivity index (χ1) is 9.24. The van der Waals surface area contributed by atoms with Crippen LogP contribution in [0.3, 0.4) is 0 Å². The maximum atomic E-state index is 4.76. The van der Waals surface area contributed by atoms with Crippen molar-refractivity contribution in [2.24, 2.45) is 0 Å².